The molecule has 12 heteroatoms. The summed E-state index contributed by atoms with van der Waals surface area (Å²) in [5.41, 5.74) is 6.11. The van der Waals surface area contributed by atoms with Gasteiger partial charge in [-0.1, -0.05) is 36.0 Å². The summed E-state index contributed by atoms with van der Waals surface area (Å²) >= 11 is 1.26. The molecule has 4 aromatic rings. The first-order valence-electron chi connectivity index (χ1n) is 14.4. The molecule has 0 spiro atoms. The SMILES string of the molecule is Cc1ccc(C)c(NC(=O)CSc2nnc(CNC(=O)c3ccc(S(=O)(=O)N4CCCC4)cc3)n2-c2cccc(C)c2C)c1. The van der Waals surface area contributed by atoms with Crippen LogP contribution in [-0.2, 0) is 21.4 Å². The fourth-order valence-corrected chi connectivity index (χ4v) is 7.31. The molecular weight excluding hydrogens is 597 g/mol. The van der Waals surface area contributed by atoms with E-state index < -0.39 is 10.0 Å². The van der Waals surface area contributed by atoms with Crippen LogP contribution in [0.15, 0.2) is 70.7 Å². The number of hydrogen-bond acceptors (Lipinski definition) is 7. The number of aryl methyl sites for hydroxylation is 3. The molecule has 0 saturated carbocycles. The van der Waals surface area contributed by atoms with Crippen LogP contribution in [0.3, 0.4) is 0 Å². The summed E-state index contributed by atoms with van der Waals surface area (Å²) in [7, 11) is -3.56. The lowest BCUT2D eigenvalue weighted by Crippen LogP contribution is -2.28. The minimum atomic E-state index is -3.56. The predicted octanol–water partition coefficient (Wildman–Crippen LogP) is 4.95. The van der Waals surface area contributed by atoms with Crippen molar-refractivity contribution in [3.05, 3.63) is 94.3 Å². The fourth-order valence-electron chi connectivity index (χ4n) is 5.03. The average molecular weight is 633 g/mol. The van der Waals surface area contributed by atoms with E-state index in [1.165, 1.54) is 40.3 Å². The van der Waals surface area contributed by atoms with E-state index >= 15 is 0 Å². The summed E-state index contributed by atoms with van der Waals surface area (Å²) in [6, 6.07) is 17.8. The van der Waals surface area contributed by atoms with E-state index in [-0.39, 0.29) is 29.0 Å². The van der Waals surface area contributed by atoms with Crippen molar-refractivity contribution in [3.8, 4) is 5.69 Å². The van der Waals surface area contributed by atoms with Crippen molar-refractivity contribution in [2.24, 2.45) is 0 Å². The molecule has 2 heterocycles. The van der Waals surface area contributed by atoms with E-state index in [1.54, 1.807) is 0 Å². The molecule has 1 saturated heterocycles. The quantitative estimate of drug-likeness (QED) is 0.237. The molecule has 1 aromatic heterocycles. The third-order valence-corrected chi connectivity index (χ3v) is 10.6. The Balaban J connectivity index is 1.32. The summed E-state index contributed by atoms with van der Waals surface area (Å²) < 4.78 is 29.0. The number of amides is 2. The second-order valence-corrected chi connectivity index (χ2v) is 13.8. The molecule has 0 unspecified atom stereocenters. The number of thioether (sulfide) groups is 1. The van der Waals surface area contributed by atoms with E-state index in [4.69, 9.17) is 0 Å². The second kappa shape index (κ2) is 13.3. The van der Waals surface area contributed by atoms with Crippen molar-refractivity contribution in [2.75, 3.05) is 24.2 Å². The number of nitrogens with zero attached hydrogens (tertiary/aromatic N) is 4. The van der Waals surface area contributed by atoms with E-state index in [1.807, 2.05) is 68.7 Å². The van der Waals surface area contributed by atoms with Crippen LogP contribution in [-0.4, -0.2) is 58.1 Å². The number of benzene rings is 3. The van der Waals surface area contributed by atoms with Crippen molar-refractivity contribution < 1.29 is 18.0 Å². The van der Waals surface area contributed by atoms with Gasteiger partial charge in [0.1, 0.15) is 0 Å². The lowest BCUT2D eigenvalue weighted by atomic mass is 10.1. The molecule has 3 aromatic carbocycles. The van der Waals surface area contributed by atoms with Gasteiger partial charge in [-0.15, -0.1) is 10.2 Å². The number of carbonyl (C=O) groups excluding carboxylic acids is 2. The van der Waals surface area contributed by atoms with Gasteiger partial charge in [0.15, 0.2) is 11.0 Å². The van der Waals surface area contributed by atoms with E-state index in [9.17, 15) is 18.0 Å². The van der Waals surface area contributed by atoms with Gasteiger partial charge in [0.25, 0.3) is 5.91 Å². The van der Waals surface area contributed by atoms with Crippen LogP contribution in [0.2, 0.25) is 0 Å². The van der Waals surface area contributed by atoms with Crippen molar-refractivity contribution >= 4 is 39.3 Å². The maximum absolute atomic E-state index is 13.1. The van der Waals surface area contributed by atoms with Gasteiger partial charge in [0.2, 0.25) is 15.9 Å². The molecule has 1 fully saturated rings. The Morgan fingerprint density at radius 2 is 1.64 bits per heavy atom. The third kappa shape index (κ3) is 6.87. The summed E-state index contributed by atoms with van der Waals surface area (Å²) in [6.07, 6.45) is 1.71. The largest absolute Gasteiger partial charge is 0.345 e. The van der Waals surface area contributed by atoms with Gasteiger partial charge in [0, 0.05) is 24.3 Å². The summed E-state index contributed by atoms with van der Waals surface area (Å²) in [5.74, 6) is 0.0878. The lowest BCUT2D eigenvalue weighted by molar-refractivity contribution is -0.113. The van der Waals surface area contributed by atoms with Crippen LogP contribution in [0.25, 0.3) is 5.69 Å². The molecule has 44 heavy (non-hydrogen) atoms. The molecule has 0 bridgehead atoms. The fraction of sp³-hybridized carbons (Fsp3) is 0.312. The van der Waals surface area contributed by atoms with Gasteiger partial charge in [-0.3, -0.25) is 14.2 Å². The summed E-state index contributed by atoms with van der Waals surface area (Å²) in [5, 5.41) is 15.1. The number of rotatable bonds is 10. The maximum atomic E-state index is 13.1. The van der Waals surface area contributed by atoms with Gasteiger partial charge in [-0.2, -0.15) is 4.31 Å². The van der Waals surface area contributed by atoms with Gasteiger partial charge in [-0.25, -0.2) is 8.42 Å². The molecule has 10 nitrogen and oxygen atoms in total. The van der Waals surface area contributed by atoms with Gasteiger partial charge >= 0.3 is 0 Å². The molecular formula is C32H36N6O4S2. The molecule has 2 N–H and O–H groups in total. The second-order valence-electron chi connectivity index (χ2n) is 10.9. The molecule has 0 radical (unpaired) electrons. The van der Waals surface area contributed by atoms with Crippen LogP contribution in [0.4, 0.5) is 5.69 Å². The Labute approximate surface area is 262 Å². The minimum Gasteiger partial charge on any atom is -0.345 e. The Bertz CT molecular complexity index is 1800. The standard InChI is InChI=1S/C32H36N6O4S2/c1-21-10-11-23(3)27(18-21)34-30(39)20-43-32-36-35-29(38(32)28-9-7-8-22(2)24(28)4)19-33-31(40)25-12-14-26(15-13-25)44(41,42)37-16-5-6-17-37/h7-15,18H,5-6,16-17,19-20H2,1-4H3,(H,33,40)(H,34,39). The molecule has 230 valence electrons. The van der Waals surface area contributed by atoms with Crippen molar-refractivity contribution in [2.45, 2.75) is 57.1 Å². The maximum Gasteiger partial charge on any atom is 0.251 e. The summed E-state index contributed by atoms with van der Waals surface area (Å²) in [6.45, 7) is 9.06. The van der Waals surface area contributed by atoms with Crippen LogP contribution in [0.1, 0.15) is 51.3 Å². The van der Waals surface area contributed by atoms with E-state index in [0.29, 0.717) is 29.6 Å². The van der Waals surface area contributed by atoms with Crippen LogP contribution >= 0.6 is 11.8 Å². The zero-order chi connectivity index (χ0) is 31.4. The minimum absolute atomic E-state index is 0.0717. The Hall–Kier alpha value is -4.00. The monoisotopic (exact) mass is 632 g/mol. The van der Waals surface area contributed by atoms with Crippen molar-refractivity contribution in [1.29, 1.82) is 0 Å². The Morgan fingerprint density at radius 1 is 0.909 bits per heavy atom. The van der Waals surface area contributed by atoms with Gasteiger partial charge in [0.05, 0.1) is 22.9 Å². The first-order chi connectivity index (χ1) is 21.0. The number of anilines is 1. The average Bonchev–Trinajstić information content (AvgIpc) is 3.69. The zero-order valence-corrected chi connectivity index (χ0v) is 26.9. The number of carbonyl (C=O) groups is 2. The predicted molar refractivity (Wildman–Crippen MR) is 172 cm³/mol. The molecule has 2 amide bonds. The highest BCUT2D eigenvalue weighted by Crippen LogP contribution is 2.27. The smallest absolute Gasteiger partial charge is 0.251 e. The highest BCUT2D eigenvalue weighted by atomic mass is 32.2. The Morgan fingerprint density at radius 3 is 2.36 bits per heavy atom. The molecule has 1 aliphatic rings. The summed E-state index contributed by atoms with van der Waals surface area (Å²) in [4.78, 5) is 26.1. The van der Waals surface area contributed by atoms with Gasteiger partial charge < -0.3 is 10.6 Å². The molecule has 5 rings (SSSR count). The van der Waals surface area contributed by atoms with E-state index in [0.717, 1.165) is 46.5 Å². The first kappa shape index (κ1) is 31.4. The van der Waals surface area contributed by atoms with Gasteiger partial charge in [-0.05, 0) is 99.2 Å². The Kier molecular flexibility index (Phi) is 9.52. The zero-order valence-electron chi connectivity index (χ0n) is 25.3. The number of aromatic nitrogens is 3. The van der Waals surface area contributed by atoms with Crippen molar-refractivity contribution in [3.63, 3.8) is 0 Å². The first-order valence-corrected chi connectivity index (χ1v) is 16.9. The molecule has 1 aliphatic heterocycles. The number of nitrogens with one attached hydrogen (secondary N) is 2. The number of hydrogen-bond donors (Lipinski definition) is 2. The normalized spacial score (nSPS) is 13.6. The lowest BCUT2D eigenvalue weighted by Gasteiger charge is -2.16. The van der Waals surface area contributed by atoms with Crippen LogP contribution < -0.4 is 10.6 Å². The third-order valence-electron chi connectivity index (χ3n) is 7.74. The highest BCUT2D eigenvalue weighted by Gasteiger charge is 2.27. The van der Waals surface area contributed by atoms with Crippen LogP contribution in [0, 0.1) is 27.7 Å². The topological polar surface area (TPSA) is 126 Å². The highest BCUT2D eigenvalue weighted by molar-refractivity contribution is 7.99. The van der Waals surface area contributed by atoms with Crippen LogP contribution in [0.5, 0.6) is 0 Å². The number of sulfonamides is 1. The molecule has 0 atom stereocenters. The molecule has 0 aliphatic carbocycles. The van der Waals surface area contributed by atoms with E-state index in [2.05, 4.69) is 20.8 Å². The van der Waals surface area contributed by atoms with Crippen molar-refractivity contribution in [1.82, 2.24) is 24.4 Å².